The van der Waals surface area contributed by atoms with E-state index in [2.05, 4.69) is 17.2 Å². The largest absolute Gasteiger partial charge is 0.381 e. The van der Waals surface area contributed by atoms with Crippen molar-refractivity contribution in [1.29, 1.82) is 0 Å². The molecule has 1 fully saturated rings. The maximum Gasteiger partial charge on any atom is 0.164 e. The molecule has 0 aliphatic carbocycles. The van der Waals surface area contributed by atoms with Crippen molar-refractivity contribution in [1.82, 2.24) is 10.3 Å². The van der Waals surface area contributed by atoms with Crippen LogP contribution in [0.3, 0.4) is 0 Å². The summed E-state index contributed by atoms with van der Waals surface area (Å²) >= 11 is 5.54. The Balaban J connectivity index is 1.84. The van der Waals surface area contributed by atoms with Crippen LogP contribution in [0.1, 0.15) is 25.3 Å². The van der Waals surface area contributed by atoms with Gasteiger partial charge in [0.25, 0.3) is 0 Å². The minimum Gasteiger partial charge on any atom is -0.381 e. The van der Waals surface area contributed by atoms with Gasteiger partial charge in [-0.05, 0) is 37.3 Å². The molecular weight excluding hydrogens is 255 g/mol. The first kappa shape index (κ1) is 13.7. The molecule has 1 aromatic heterocycles. The van der Waals surface area contributed by atoms with E-state index in [1.807, 2.05) is 0 Å². The Kier molecular flexibility index (Phi) is 4.92. The molecule has 5 heteroatoms. The molecule has 0 unspecified atom stereocenters. The molecule has 100 valence electrons. The number of nitrogens with one attached hydrogen (secondary N) is 1. The summed E-state index contributed by atoms with van der Waals surface area (Å²) in [4.78, 5) is 3.79. The molecule has 0 amide bonds. The molecule has 1 N–H and O–H groups in total. The highest BCUT2D eigenvalue weighted by Gasteiger charge is 2.20. The van der Waals surface area contributed by atoms with Crippen molar-refractivity contribution in [3.05, 3.63) is 28.8 Å². The summed E-state index contributed by atoms with van der Waals surface area (Å²) in [7, 11) is 0. The van der Waals surface area contributed by atoms with Gasteiger partial charge in [0, 0.05) is 25.4 Å². The minimum atomic E-state index is -0.468. The summed E-state index contributed by atoms with van der Waals surface area (Å²) in [5.74, 6) is 0.0634. The molecule has 0 bridgehead atoms. The van der Waals surface area contributed by atoms with Gasteiger partial charge in [-0.25, -0.2) is 9.37 Å². The first-order chi connectivity index (χ1) is 8.66. The molecule has 3 nitrogen and oxygen atoms in total. The molecule has 2 heterocycles. The van der Waals surface area contributed by atoms with Crippen molar-refractivity contribution >= 4 is 11.6 Å². The monoisotopic (exact) mass is 272 g/mol. The smallest absolute Gasteiger partial charge is 0.164 e. The molecule has 0 aromatic carbocycles. The number of aromatic nitrogens is 1. The van der Waals surface area contributed by atoms with Gasteiger partial charge in [0.1, 0.15) is 0 Å². The Morgan fingerprint density at radius 2 is 2.50 bits per heavy atom. The molecule has 1 aliphatic rings. The van der Waals surface area contributed by atoms with E-state index in [1.54, 1.807) is 6.20 Å². The topological polar surface area (TPSA) is 34.2 Å². The van der Waals surface area contributed by atoms with Crippen LogP contribution in [0.4, 0.5) is 4.39 Å². The zero-order chi connectivity index (χ0) is 13.0. The van der Waals surface area contributed by atoms with E-state index in [4.69, 9.17) is 16.3 Å². The van der Waals surface area contributed by atoms with E-state index < -0.39 is 5.82 Å². The highest BCUT2D eigenvalue weighted by Crippen LogP contribution is 2.18. The van der Waals surface area contributed by atoms with Crippen molar-refractivity contribution in [3.8, 4) is 0 Å². The lowest BCUT2D eigenvalue weighted by molar-refractivity contribution is 0.0417. The average molecular weight is 273 g/mol. The van der Waals surface area contributed by atoms with Crippen LogP contribution in [0.5, 0.6) is 0 Å². The summed E-state index contributed by atoms with van der Waals surface area (Å²) in [6, 6.07) is 1.77. The van der Waals surface area contributed by atoms with Gasteiger partial charge >= 0.3 is 0 Å². The van der Waals surface area contributed by atoms with Gasteiger partial charge in [-0.1, -0.05) is 11.6 Å². The van der Waals surface area contributed by atoms with Gasteiger partial charge in [0.05, 0.1) is 6.61 Å². The van der Waals surface area contributed by atoms with Crippen LogP contribution in [-0.4, -0.2) is 24.2 Å². The molecule has 1 aromatic rings. The predicted molar refractivity (Wildman–Crippen MR) is 69.0 cm³/mol. The number of hydrogen-bond donors (Lipinski definition) is 1. The second-order valence-electron chi connectivity index (χ2n) is 4.76. The molecule has 0 spiro atoms. The zero-order valence-corrected chi connectivity index (χ0v) is 11.2. The van der Waals surface area contributed by atoms with Gasteiger partial charge in [0.2, 0.25) is 0 Å². The summed E-state index contributed by atoms with van der Waals surface area (Å²) in [5.41, 5.74) is 0.806. The summed E-state index contributed by atoms with van der Waals surface area (Å²) < 4.78 is 18.7. The van der Waals surface area contributed by atoms with Crippen molar-refractivity contribution in [3.63, 3.8) is 0 Å². The van der Waals surface area contributed by atoms with Crippen molar-refractivity contribution < 1.29 is 9.13 Å². The van der Waals surface area contributed by atoms with Crippen LogP contribution in [0.2, 0.25) is 5.15 Å². The standard InChI is InChI=1S/C13H18ClFN2O/c1-9(11-3-2-4-18-8-11)16-6-10-5-12(15)13(14)17-7-10/h5,7,9,11,16H,2-4,6,8H2,1H3/t9-,11-/m0/s1. The Hall–Kier alpha value is -0.710. The van der Waals surface area contributed by atoms with E-state index in [0.717, 1.165) is 25.2 Å². The Labute approximate surface area is 112 Å². The number of pyridine rings is 1. The molecular formula is C13H18ClFN2O. The summed E-state index contributed by atoms with van der Waals surface area (Å²) in [6.45, 7) is 4.41. The number of halogens is 2. The lowest BCUT2D eigenvalue weighted by Crippen LogP contribution is -2.37. The Bertz CT molecular complexity index is 397. The maximum atomic E-state index is 13.2. The minimum absolute atomic E-state index is 0.0764. The van der Waals surface area contributed by atoms with Gasteiger partial charge in [-0.3, -0.25) is 0 Å². The second-order valence-corrected chi connectivity index (χ2v) is 5.12. The van der Waals surface area contributed by atoms with E-state index >= 15 is 0 Å². The quantitative estimate of drug-likeness (QED) is 0.856. The third-order valence-electron chi connectivity index (χ3n) is 3.38. The molecule has 2 atom stereocenters. The SMILES string of the molecule is C[C@H](NCc1cnc(Cl)c(F)c1)[C@H]1CCCOC1. The van der Waals surface area contributed by atoms with E-state index in [9.17, 15) is 4.39 Å². The Morgan fingerprint density at radius 3 is 3.17 bits per heavy atom. The molecule has 18 heavy (non-hydrogen) atoms. The lowest BCUT2D eigenvalue weighted by atomic mass is 9.95. The van der Waals surface area contributed by atoms with Gasteiger partial charge in [-0.2, -0.15) is 0 Å². The van der Waals surface area contributed by atoms with Crippen LogP contribution in [0.15, 0.2) is 12.3 Å². The molecule has 0 saturated carbocycles. The molecule has 0 radical (unpaired) electrons. The van der Waals surface area contributed by atoms with Gasteiger partial charge in [-0.15, -0.1) is 0 Å². The van der Waals surface area contributed by atoms with Crippen molar-refractivity contribution in [2.24, 2.45) is 5.92 Å². The lowest BCUT2D eigenvalue weighted by Gasteiger charge is -2.28. The predicted octanol–water partition coefficient (Wildman–Crippen LogP) is 2.78. The fraction of sp³-hybridized carbons (Fsp3) is 0.615. The highest BCUT2D eigenvalue weighted by atomic mass is 35.5. The van der Waals surface area contributed by atoms with Crippen LogP contribution < -0.4 is 5.32 Å². The molecule has 1 saturated heterocycles. The Morgan fingerprint density at radius 1 is 1.67 bits per heavy atom. The fourth-order valence-electron chi connectivity index (χ4n) is 2.16. The summed E-state index contributed by atoms with van der Waals surface area (Å²) in [6.07, 6.45) is 3.90. The summed E-state index contributed by atoms with van der Waals surface area (Å²) in [5, 5.41) is 3.31. The second kappa shape index (κ2) is 6.45. The molecule has 2 rings (SSSR count). The number of nitrogens with zero attached hydrogens (tertiary/aromatic N) is 1. The third-order valence-corrected chi connectivity index (χ3v) is 3.66. The van der Waals surface area contributed by atoms with E-state index in [0.29, 0.717) is 18.5 Å². The maximum absolute atomic E-state index is 13.2. The molecule has 1 aliphatic heterocycles. The highest BCUT2D eigenvalue weighted by molar-refractivity contribution is 6.29. The van der Waals surface area contributed by atoms with Crippen molar-refractivity contribution in [2.45, 2.75) is 32.4 Å². The normalized spacial score (nSPS) is 21.8. The third kappa shape index (κ3) is 3.64. The van der Waals surface area contributed by atoms with Crippen LogP contribution in [-0.2, 0) is 11.3 Å². The number of rotatable bonds is 4. The zero-order valence-electron chi connectivity index (χ0n) is 10.5. The van der Waals surface area contributed by atoms with E-state index in [-0.39, 0.29) is 5.15 Å². The first-order valence-corrected chi connectivity index (χ1v) is 6.65. The average Bonchev–Trinajstić information content (AvgIpc) is 2.41. The van der Waals surface area contributed by atoms with Crippen LogP contribution >= 0.6 is 11.6 Å². The van der Waals surface area contributed by atoms with Gasteiger partial charge < -0.3 is 10.1 Å². The number of hydrogen-bond acceptors (Lipinski definition) is 3. The van der Waals surface area contributed by atoms with Crippen LogP contribution in [0.25, 0.3) is 0 Å². The van der Waals surface area contributed by atoms with Gasteiger partial charge in [0.15, 0.2) is 11.0 Å². The number of ether oxygens (including phenoxy) is 1. The van der Waals surface area contributed by atoms with Crippen molar-refractivity contribution in [2.75, 3.05) is 13.2 Å². The fourth-order valence-corrected chi connectivity index (χ4v) is 2.27. The van der Waals surface area contributed by atoms with Crippen LogP contribution in [0, 0.1) is 11.7 Å². The first-order valence-electron chi connectivity index (χ1n) is 6.28. The van der Waals surface area contributed by atoms with E-state index in [1.165, 1.54) is 12.5 Å².